The zero-order valence-corrected chi connectivity index (χ0v) is 13.2. The number of benzene rings is 1. The molecule has 8 nitrogen and oxygen atoms in total. The van der Waals surface area contributed by atoms with Gasteiger partial charge in [-0.15, -0.1) is 0 Å². The number of imide groups is 1. The number of nitrogens with zero attached hydrogens (tertiary/aromatic N) is 1. The number of aromatic hydroxyl groups is 1. The Morgan fingerprint density at radius 2 is 2.12 bits per heavy atom. The predicted molar refractivity (Wildman–Crippen MR) is 85.2 cm³/mol. The van der Waals surface area contributed by atoms with Crippen molar-refractivity contribution in [2.75, 3.05) is 7.11 Å². The first-order valence-electron chi connectivity index (χ1n) is 7.28. The Balaban J connectivity index is 1.77. The Labute approximate surface area is 142 Å². The van der Waals surface area contributed by atoms with E-state index >= 15 is 0 Å². The Bertz CT molecular complexity index is 883. The minimum atomic E-state index is -0.645. The van der Waals surface area contributed by atoms with E-state index in [-0.39, 0.29) is 29.5 Å². The van der Waals surface area contributed by atoms with E-state index in [1.165, 1.54) is 37.5 Å². The minimum absolute atomic E-state index is 0.0138. The van der Waals surface area contributed by atoms with Crippen LogP contribution < -0.4 is 5.32 Å². The number of esters is 1. The van der Waals surface area contributed by atoms with E-state index in [9.17, 15) is 19.5 Å². The average Bonchev–Trinajstić information content (AvgIpc) is 3.15. The smallest absolute Gasteiger partial charge is 0.373 e. The third-order valence-corrected chi connectivity index (χ3v) is 3.51. The molecule has 3 amide bonds. The topological polar surface area (TPSA) is 109 Å². The third-order valence-electron chi connectivity index (χ3n) is 3.51. The van der Waals surface area contributed by atoms with Crippen molar-refractivity contribution in [1.29, 1.82) is 0 Å². The summed E-state index contributed by atoms with van der Waals surface area (Å²) in [4.78, 5) is 36.7. The van der Waals surface area contributed by atoms with Gasteiger partial charge in [-0.05, 0) is 35.9 Å². The van der Waals surface area contributed by atoms with E-state index < -0.39 is 17.9 Å². The van der Waals surface area contributed by atoms with Crippen LogP contribution in [0.15, 0.2) is 46.5 Å². The van der Waals surface area contributed by atoms with Gasteiger partial charge in [-0.1, -0.05) is 12.1 Å². The van der Waals surface area contributed by atoms with Crippen LogP contribution >= 0.6 is 0 Å². The number of amides is 3. The van der Waals surface area contributed by atoms with E-state index in [0.717, 1.165) is 4.90 Å². The molecule has 2 N–H and O–H groups in total. The standard InChI is InChI=1S/C17H14N2O6/c1-24-16(22)14-6-5-12(25-14)9-19-15(21)13(18-17(19)23)8-10-3-2-4-11(20)7-10/h2-8,20H,9H2,1H3,(H,18,23). The van der Waals surface area contributed by atoms with Gasteiger partial charge in [0.15, 0.2) is 0 Å². The molecular formula is C17H14N2O6. The molecule has 0 spiro atoms. The van der Waals surface area contributed by atoms with Gasteiger partial charge in [-0.3, -0.25) is 9.69 Å². The maximum atomic E-state index is 12.4. The van der Waals surface area contributed by atoms with Gasteiger partial charge in [-0.25, -0.2) is 9.59 Å². The van der Waals surface area contributed by atoms with Gasteiger partial charge in [0.2, 0.25) is 5.76 Å². The highest BCUT2D eigenvalue weighted by atomic mass is 16.5. The molecule has 0 radical (unpaired) electrons. The van der Waals surface area contributed by atoms with Crippen LogP contribution in [0.1, 0.15) is 21.9 Å². The Morgan fingerprint density at radius 3 is 2.84 bits per heavy atom. The number of methoxy groups -OCH3 is 1. The second-order valence-corrected chi connectivity index (χ2v) is 5.23. The first-order valence-corrected chi connectivity index (χ1v) is 7.28. The van der Waals surface area contributed by atoms with Crippen molar-refractivity contribution in [3.05, 3.63) is 59.2 Å². The van der Waals surface area contributed by atoms with E-state index in [0.29, 0.717) is 5.56 Å². The summed E-state index contributed by atoms with van der Waals surface area (Å²) in [6.45, 7) is -0.126. The molecule has 1 aromatic carbocycles. The number of rotatable bonds is 4. The maximum Gasteiger partial charge on any atom is 0.373 e. The van der Waals surface area contributed by atoms with Crippen LogP contribution in [0, 0.1) is 0 Å². The van der Waals surface area contributed by atoms with Crippen LogP contribution in [0.4, 0.5) is 4.79 Å². The molecule has 2 heterocycles. The van der Waals surface area contributed by atoms with Gasteiger partial charge < -0.3 is 19.6 Å². The van der Waals surface area contributed by atoms with Crippen LogP contribution in [-0.4, -0.2) is 35.0 Å². The molecule has 0 bridgehead atoms. The van der Waals surface area contributed by atoms with Crippen LogP contribution in [0.5, 0.6) is 5.75 Å². The number of urea groups is 1. The summed E-state index contributed by atoms with van der Waals surface area (Å²) in [5.41, 5.74) is 0.645. The largest absolute Gasteiger partial charge is 0.508 e. The molecule has 128 valence electrons. The van der Waals surface area contributed by atoms with Crippen molar-refractivity contribution in [2.24, 2.45) is 0 Å². The molecular weight excluding hydrogens is 328 g/mol. The predicted octanol–water partition coefficient (Wildman–Crippen LogP) is 1.86. The van der Waals surface area contributed by atoms with E-state index in [1.54, 1.807) is 12.1 Å². The van der Waals surface area contributed by atoms with Gasteiger partial charge in [0.05, 0.1) is 13.7 Å². The molecule has 0 aliphatic carbocycles. The zero-order chi connectivity index (χ0) is 18.0. The van der Waals surface area contributed by atoms with Crippen LogP contribution in [0.2, 0.25) is 0 Å². The zero-order valence-electron chi connectivity index (χ0n) is 13.2. The highest BCUT2D eigenvalue weighted by Gasteiger charge is 2.34. The summed E-state index contributed by atoms with van der Waals surface area (Å²) in [6.07, 6.45) is 1.46. The van der Waals surface area contributed by atoms with Crippen LogP contribution in [-0.2, 0) is 16.1 Å². The highest BCUT2D eigenvalue weighted by molar-refractivity contribution is 6.13. The van der Waals surface area contributed by atoms with Crippen molar-refractivity contribution >= 4 is 24.0 Å². The lowest BCUT2D eigenvalue weighted by Crippen LogP contribution is -2.30. The third kappa shape index (κ3) is 3.37. The van der Waals surface area contributed by atoms with Crippen molar-refractivity contribution in [3.8, 4) is 5.75 Å². The van der Waals surface area contributed by atoms with Crippen molar-refractivity contribution in [1.82, 2.24) is 10.2 Å². The Kier molecular flexibility index (Phi) is 4.25. The van der Waals surface area contributed by atoms with Crippen molar-refractivity contribution in [2.45, 2.75) is 6.54 Å². The monoisotopic (exact) mass is 342 g/mol. The first-order chi connectivity index (χ1) is 12.0. The highest BCUT2D eigenvalue weighted by Crippen LogP contribution is 2.20. The Morgan fingerprint density at radius 1 is 1.32 bits per heavy atom. The van der Waals surface area contributed by atoms with Gasteiger partial charge >= 0.3 is 12.0 Å². The summed E-state index contributed by atoms with van der Waals surface area (Å²) >= 11 is 0. The van der Waals surface area contributed by atoms with Gasteiger partial charge in [0, 0.05) is 0 Å². The lowest BCUT2D eigenvalue weighted by atomic mass is 10.2. The molecule has 1 fully saturated rings. The molecule has 0 atom stereocenters. The number of nitrogens with one attached hydrogen (secondary N) is 1. The molecule has 0 saturated carbocycles. The fourth-order valence-electron chi connectivity index (χ4n) is 2.33. The lowest BCUT2D eigenvalue weighted by Gasteiger charge is -2.09. The number of ether oxygens (including phenoxy) is 1. The average molecular weight is 342 g/mol. The number of furan rings is 1. The number of phenols is 1. The first kappa shape index (κ1) is 16.3. The molecule has 25 heavy (non-hydrogen) atoms. The summed E-state index contributed by atoms with van der Waals surface area (Å²) in [5, 5.41) is 11.9. The number of carbonyl (C=O) groups is 3. The summed E-state index contributed by atoms with van der Waals surface area (Å²) < 4.78 is 9.80. The number of phenolic OH excluding ortho intramolecular Hbond substituents is 1. The van der Waals surface area contributed by atoms with Gasteiger partial charge in [0.25, 0.3) is 5.91 Å². The molecule has 3 rings (SSSR count). The quantitative estimate of drug-likeness (QED) is 0.499. The van der Waals surface area contributed by atoms with E-state index in [2.05, 4.69) is 10.1 Å². The lowest BCUT2D eigenvalue weighted by molar-refractivity contribution is -0.123. The molecule has 1 aliphatic heterocycles. The molecule has 1 aromatic heterocycles. The molecule has 2 aromatic rings. The summed E-state index contributed by atoms with van der Waals surface area (Å²) in [6, 6.07) is 8.56. The minimum Gasteiger partial charge on any atom is -0.508 e. The number of hydrogen-bond acceptors (Lipinski definition) is 6. The fourth-order valence-corrected chi connectivity index (χ4v) is 2.33. The van der Waals surface area contributed by atoms with Gasteiger partial charge in [-0.2, -0.15) is 0 Å². The second-order valence-electron chi connectivity index (χ2n) is 5.23. The second kappa shape index (κ2) is 6.52. The summed E-state index contributed by atoms with van der Waals surface area (Å²) in [7, 11) is 1.22. The van der Waals surface area contributed by atoms with Crippen LogP contribution in [0.3, 0.4) is 0 Å². The maximum absolute atomic E-state index is 12.4. The van der Waals surface area contributed by atoms with Crippen LogP contribution in [0.25, 0.3) is 6.08 Å². The van der Waals surface area contributed by atoms with Gasteiger partial charge in [0.1, 0.15) is 17.2 Å². The van der Waals surface area contributed by atoms with E-state index in [4.69, 9.17) is 4.42 Å². The van der Waals surface area contributed by atoms with Crippen molar-refractivity contribution < 1.29 is 28.6 Å². The SMILES string of the molecule is COC(=O)c1ccc(CN2C(=O)NC(=Cc3cccc(O)c3)C2=O)o1. The summed E-state index contributed by atoms with van der Waals surface area (Å²) in [5.74, 6) is -0.881. The molecule has 1 saturated heterocycles. The number of carbonyl (C=O) groups excluding carboxylic acids is 3. The molecule has 8 heteroatoms. The molecule has 1 aliphatic rings. The molecule has 0 unspecified atom stereocenters. The van der Waals surface area contributed by atoms with Crippen molar-refractivity contribution in [3.63, 3.8) is 0 Å². The normalized spacial score (nSPS) is 15.6. The number of hydrogen-bond donors (Lipinski definition) is 2. The fraction of sp³-hybridized carbons (Fsp3) is 0.118. The Hall–Kier alpha value is -3.55. The van der Waals surface area contributed by atoms with E-state index in [1.807, 2.05) is 0 Å².